The van der Waals surface area contributed by atoms with Crippen molar-refractivity contribution < 1.29 is 0 Å². The van der Waals surface area contributed by atoms with E-state index in [-0.39, 0.29) is 5.41 Å². The summed E-state index contributed by atoms with van der Waals surface area (Å²) in [5, 5.41) is 20.3. The summed E-state index contributed by atoms with van der Waals surface area (Å²) in [5.41, 5.74) is 3.63. The van der Waals surface area contributed by atoms with Crippen molar-refractivity contribution in [3.05, 3.63) is 60.7 Å². The quantitative estimate of drug-likeness (QED) is 0.328. The molecule has 0 saturated carbocycles. The van der Waals surface area contributed by atoms with Gasteiger partial charge in [-0.15, -0.1) is 10.2 Å². The zero-order valence-electron chi connectivity index (χ0n) is 18.0. The molecule has 0 fully saturated rings. The third kappa shape index (κ3) is 4.47. The lowest BCUT2D eigenvalue weighted by atomic mass is 9.93. The number of benzene rings is 2. The van der Waals surface area contributed by atoms with Gasteiger partial charge in [0.1, 0.15) is 0 Å². The first-order valence-electron chi connectivity index (χ1n) is 10.5. The number of hydrogen-bond acceptors (Lipinski definition) is 5. The Hall–Kier alpha value is -3.17. The van der Waals surface area contributed by atoms with E-state index in [9.17, 15) is 5.26 Å². The van der Waals surface area contributed by atoms with Gasteiger partial charge < -0.3 is 4.57 Å². The van der Waals surface area contributed by atoms with Crippen LogP contribution in [0.15, 0.2) is 65.8 Å². The lowest BCUT2D eigenvalue weighted by molar-refractivity contribution is 0.481. The van der Waals surface area contributed by atoms with E-state index in [1.807, 2.05) is 50.2 Å². The van der Waals surface area contributed by atoms with E-state index < -0.39 is 0 Å². The number of nitrogens with zero attached hydrogens (tertiary/aromatic N) is 5. The molecule has 0 radical (unpaired) electrons. The van der Waals surface area contributed by atoms with Crippen molar-refractivity contribution >= 4 is 22.7 Å². The SMILES string of the molecule is CCn1c(SCCC(C)(C)C#N)nnc1-c1cc(-c2ccccc2)nc2ccccc12. The molecule has 5 nitrogen and oxygen atoms in total. The first-order valence-corrected chi connectivity index (χ1v) is 11.4. The highest BCUT2D eigenvalue weighted by Crippen LogP contribution is 2.33. The van der Waals surface area contributed by atoms with Crippen molar-refractivity contribution in [2.45, 2.75) is 38.9 Å². The number of hydrogen-bond donors (Lipinski definition) is 0. The van der Waals surface area contributed by atoms with Crippen LogP contribution in [-0.4, -0.2) is 25.5 Å². The molecule has 31 heavy (non-hydrogen) atoms. The average Bonchev–Trinajstić information content (AvgIpc) is 3.21. The summed E-state index contributed by atoms with van der Waals surface area (Å²) >= 11 is 1.66. The number of rotatable bonds is 7. The smallest absolute Gasteiger partial charge is 0.191 e. The molecule has 2 heterocycles. The standard InChI is InChI=1S/C25H25N5S/c1-4-30-23(28-29-24(30)31-15-14-25(2,3)17-26)20-16-22(18-10-6-5-7-11-18)27-21-13-9-8-12-19(20)21/h5-13,16H,4,14-15H2,1-3H3. The van der Waals surface area contributed by atoms with Crippen LogP contribution >= 0.6 is 11.8 Å². The van der Waals surface area contributed by atoms with Crippen LogP contribution in [0, 0.1) is 16.7 Å². The minimum Gasteiger partial charge on any atom is -0.302 e. The first kappa shape index (κ1) is 21.1. The Balaban J connectivity index is 1.76. The highest BCUT2D eigenvalue weighted by molar-refractivity contribution is 7.99. The molecule has 0 spiro atoms. The van der Waals surface area contributed by atoms with Gasteiger partial charge in [0.2, 0.25) is 0 Å². The van der Waals surface area contributed by atoms with Gasteiger partial charge in [-0.3, -0.25) is 0 Å². The monoisotopic (exact) mass is 427 g/mol. The molecule has 0 saturated heterocycles. The molecule has 0 aliphatic heterocycles. The predicted molar refractivity (Wildman–Crippen MR) is 127 cm³/mol. The molecule has 6 heteroatoms. The highest BCUT2D eigenvalue weighted by Gasteiger charge is 2.20. The van der Waals surface area contributed by atoms with Crippen LogP contribution in [0.2, 0.25) is 0 Å². The normalized spacial score (nSPS) is 11.5. The Morgan fingerprint density at radius 3 is 2.52 bits per heavy atom. The Kier molecular flexibility index (Phi) is 6.06. The number of aromatic nitrogens is 4. The Bertz CT molecular complexity index is 1240. The van der Waals surface area contributed by atoms with Gasteiger partial charge in [-0.1, -0.05) is 60.3 Å². The van der Waals surface area contributed by atoms with Gasteiger partial charge in [-0.25, -0.2) is 4.98 Å². The van der Waals surface area contributed by atoms with Crippen molar-refractivity contribution in [3.8, 4) is 28.7 Å². The van der Waals surface area contributed by atoms with Gasteiger partial charge in [-0.05, 0) is 39.3 Å². The van der Waals surface area contributed by atoms with Gasteiger partial charge in [0.25, 0.3) is 0 Å². The zero-order chi connectivity index (χ0) is 21.8. The average molecular weight is 428 g/mol. The Morgan fingerprint density at radius 2 is 1.77 bits per heavy atom. The van der Waals surface area contributed by atoms with E-state index in [1.54, 1.807) is 11.8 Å². The number of nitriles is 1. The van der Waals surface area contributed by atoms with Crippen molar-refractivity contribution in [3.63, 3.8) is 0 Å². The summed E-state index contributed by atoms with van der Waals surface area (Å²) in [5.74, 6) is 1.67. The number of fused-ring (bicyclic) bond motifs is 1. The van der Waals surface area contributed by atoms with Crippen LogP contribution in [0.5, 0.6) is 0 Å². The number of pyridine rings is 1. The van der Waals surface area contributed by atoms with Crippen molar-refractivity contribution in [2.75, 3.05) is 5.75 Å². The van der Waals surface area contributed by atoms with Crippen LogP contribution < -0.4 is 0 Å². The molecule has 4 rings (SSSR count). The van der Waals surface area contributed by atoms with Gasteiger partial charge >= 0.3 is 0 Å². The lowest BCUT2D eigenvalue weighted by Crippen LogP contribution is -2.09. The lowest BCUT2D eigenvalue weighted by Gasteiger charge is -2.14. The van der Waals surface area contributed by atoms with E-state index in [1.165, 1.54) is 0 Å². The van der Waals surface area contributed by atoms with Crippen LogP contribution in [0.1, 0.15) is 27.2 Å². The summed E-state index contributed by atoms with van der Waals surface area (Å²) in [6, 6.07) is 22.9. The Labute approximate surface area is 187 Å². The maximum Gasteiger partial charge on any atom is 0.191 e. The molecular weight excluding hydrogens is 402 g/mol. The molecular formula is C25H25N5S. The minimum absolute atomic E-state index is 0.335. The summed E-state index contributed by atoms with van der Waals surface area (Å²) in [6.45, 7) is 6.82. The molecule has 0 amide bonds. The molecule has 0 bridgehead atoms. The largest absolute Gasteiger partial charge is 0.302 e. The van der Waals surface area contributed by atoms with Gasteiger partial charge in [0, 0.05) is 28.8 Å². The fraction of sp³-hybridized carbons (Fsp3) is 0.280. The molecule has 0 aliphatic rings. The second-order valence-electron chi connectivity index (χ2n) is 8.08. The van der Waals surface area contributed by atoms with Gasteiger partial charge in [-0.2, -0.15) is 5.26 Å². The van der Waals surface area contributed by atoms with E-state index in [4.69, 9.17) is 4.98 Å². The molecule has 0 unspecified atom stereocenters. The third-order valence-corrected chi connectivity index (χ3v) is 6.29. The van der Waals surface area contributed by atoms with E-state index in [2.05, 4.69) is 52.0 Å². The summed E-state index contributed by atoms with van der Waals surface area (Å²) in [4.78, 5) is 4.89. The summed E-state index contributed by atoms with van der Waals surface area (Å²) in [6.07, 6.45) is 0.802. The molecule has 2 aromatic heterocycles. The number of para-hydroxylation sites is 1. The van der Waals surface area contributed by atoms with E-state index in [0.717, 1.165) is 57.4 Å². The molecule has 0 atom stereocenters. The van der Waals surface area contributed by atoms with Crippen LogP contribution in [0.25, 0.3) is 33.5 Å². The number of thioether (sulfide) groups is 1. The van der Waals surface area contributed by atoms with Crippen LogP contribution in [-0.2, 0) is 6.54 Å². The first-order chi connectivity index (χ1) is 15.0. The zero-order valence-corrected chi connectivity index (χ0v) is 18.9. The highest BCUT2D eigenvalue weighted by atomic mass is 32.2. The fourth-order valence-electron chi connectivity index (χ4n) is 3.45. The van der Waals surface area contributed by atoms with Crippen LogP contribution in [0.3, 0.4) is 0 Å². The summed E-state index contributed by atoms with van der Waals surface area (Å²) < 4.78 is 2.15. The van der Waals surface area contributed by atoms with Gasteiger partial charge in [0.05, 0.1) is 22.7 Å². The molecule has 4 aromatic rings. The molecule has 0 N–H and O–H groups in total. The third-order valence-electron chi connectivity index (χ3n) is 5.32. The predicted octanol–water partition coefficient (Wildman–Crippen LogP) is 6.21. The maximum absolute atomic E-state index is 9.27. The summed E-state index contributed by atoms with van der Waals surface area (Å²) in [7, 11) is 0. The van der Waals surface area contributed by atoms with Gasteiger partial charge in [0.15, 0.2) is 11.0 Å². The van der Waals surface area contributed by atoms with Crippen molar-refractivity contribution in [2.24, 2.45) is 5.41 Å². The van der Waals surface area contributed by atoms with Crippen molar-refractivity contribution in [1.82, 2.24) is 19.7 Å². The maximum atomic E-state index is 9.27. The molecule has 156 valence electrons. The molecule has 2 aromatic carbocycles. The van der Waals surface area contributed by atoms with Crippen LogP contribution in [0.4, 0.5) is 0 Å². The second kappa shape index (κ2) is 8.91. The minimum atomic E-state index is -0.335. The van der Waals surface area contributed by atoms with E-state index >= 15 is 0 Å². The topological polar surface area (TPSA) is 67.4 Å². The fourth-order valence-corrected chi connectivity index (χ4v) is 4.72. The van der Waals surface area contributed by atoms with E-state index in [0.29, 0.717) is 0 Å². The second-order valence-corrected chi connectivity index (χ2v) is 9.14. The Morgan fingerprint density at radius 1 is 1.03 bits per heavy atom. The van der Waals surface area contributed by atoms with Crippen molar-refractivity contribution in [1.29, 1.82) is 5.26 Å². The molecule has 0 aliphatic carbocycles.